The number of halogens is 2. The molecule has 0 bridgehead atoms. The highest BCUT2D eigenvalue weighted by atomic mass is 127. The van der Waals surface area contributed by atoms with E-state index in [9.17, 15) is 4.39 Å². The Morgan fingerprint density at radius 3 is 2.65 bits per heavy atom. The first-order valence-corrected chi connectivity index (χ1v) is 5.71. The minimum absolute atomic E-state index is 0.0134. The Bertz CT molecular complexity index is 577. The zero-order valence-electron chi connectivity index (χ0n) is 8.48. The Labute approximate surface area is 111 Å². The summed E-state index contributed by atoms with van der Waals surface area (Å²) in [5.74, 6) is -0.137. The van der Waals surface area contributed by atoms with Gasteiger partial charge in [-0.3, -0.25) is 0 Å². The maximum Gasteiger partial charge on any atom is 0.227 e. The molecule has 0 saturated heterocycles. The molecule has 4 nitrogen and oxygen atoms in total. The summed E-state index contributed by atoms with van der Waals surface area (Å²) in [4.78, 5) is 8.09. The van der Waals surface area contributed by atoms with Crippen LogP contribution in [0.15, 0.2) is 30.6 Å². The lowest BCUT2D eigenvalue weighted by molar-refractivity contribution is 0.624. The van der Waals surface area contributed by atoms with E-state index in [0.717, 1.165) is 3.57 Å². The first-order valence-electron chi connectivity index (χ1n) is 4.63. The predicted octanol–water partition coefficient (Wildman–Crippen LogP) is 2.84. The van der Waals surface area contributed by atoms with Crippen molar-refractivity contribution < 1.29 is 4.39 Å². The third-order valence-corrected chi connectivity index (χ3v) is 2.52. The first-order chi connectivity index (χ1) is 8.19. The lowest BCUT2D eigenvalue weighted by atomic mass is 10.2. The summed E-state index contributed by atoms with van der Waals surface area (Å²) < 4.78 is 14.0. The van der Waals surface area contributed by atoms with E-state index in [1.807, 2.05) is 0 Å². The minimum atomic E-state index is -0.540. The zero-order valence-corrected chi connectivity index (χ0v) is 10.6. The maximum atomic E-state index is 13.1. The lowest BCUT2D eigenvalue weighted by Crippen LogP contribution is -1.97. The zero-order chi connectivity index (χ0) is 12.3. The first kappa shape index (κ1) is 11.7. The van der Waals surface area contributed by atoms with E-state index in [2.05, 4.69) is 37.9 Å². The van der Waals surface area contributed by atoms with Crippen LogP contribution >= 0.6 is 22.6 Å². The molecular formula is C11H6FIN4. The van der Waals surface area contributed by atoms with Gasteiger partial charge in [-0.15, -0.1) is 0 Å². The molecule has 1 aromatic heterocycles. The number of aromatic nitrogens is 2. The molecule has 0 radical (unpaired) electrons. The van der Waals surface area contributed by atoms with Crippen LogP contribution in [0, 0.1) is 20.7 Å². The molecule has 2 aromatic rings. The van der Waals surface area contributed by atoms with Crippen molar-refractivity contribution in [3.8, 4) is 6.07 Å². The fourth-order valence-corrected chi connectivity index (χ4v) is 1.47. The molecule has 0 spiro atoms. The molecule has 0 unspecified atom stereocenters. The molecule has 0 atom stereocenters. The molecule has 0 aliphatic carbocycles. The average molecular weight is 340 g/mol. The number of nitrogens with zero attached hydrogens (tertiary/aromatic N) is 3. The molecule has 84 valence electrons. The molecule has 0 fully saturated rings. The molecule has 0 aliphatic heterocycles. The number of nitrogens with one attached hydrogen (secondary N) is 1. The molecule has 0 saturated carbocycles. The molecular weight excluding hydrogens is 334 g/mol. The van der Waals surface area contributed by atoms with Gasteiger partial charge in [-0.1, -0.05) is 0 Å². The summed E-state index contributed by atoms with van der Waals surface area (Å²) in [5, 5.41) is 11.6. The van der Waals surface area contributed by atoms with Crippen molar-refractivity contribution >= 4 is 34.2 Å². The van der Waals surface area contributed by atoms with Gasteiger partial charge < -0.3 is 5.32 Å². The Balaban J connectivity index is 2.25. The third-order valence-electron chi connectivity index (χ3n) is 1.96. The van der Waals surface area contributed by atoms with Crippen LogP contribution in [0.1, 0.15) is 5.56 Å². The standard InChI is InChI=1S/C11H6FIN4/c12-10-2-1-9(3-7(10)4-14)17-11-15-5-8(13)6-16-11/h1-3,5-6H,(H,15,16,17). The largest absolute Gasteiger partial charge is 0.324 e. The number of rotatable bonds is 2. The summed E-state index contributed by atoms with van der Waals surface area (Å²) in [6, 6.07) is 5.94. The molecule has 1 aromatic carbocycles. The Hall–Kier alpha value is -1.75. The van der Waals surface area contributed by atoms with E-state index in [0.29, 0.717) is 11.6 Å². The fraction of sp³-hybridized carbons (Fsp3) is 0. The second-order valence-electron chi connectivity index (χ2n) is 3.16. The van der Waals surface area contributed by atoms with Crippen molar-refractivity contribution in [2.24, 2.45) is 0 Å². The van der Waals surface area contributed by atoms with E-state index < -0.39 is 5.82 Å². The smallest absolute Gasteiger partial charge is 0.227 e. The number of hydrogen-bond donors (Lipinski definition) is 1. The molecule has 6 heteroatoms. The van der Waals surface area contributed by atoms with Gasteiger partial charge in [-0.05, 0) is 40.8 Å². The van der Waals surface area contributed by atoms with Gasteiger partial charge in [-0.25, -0.2) is 14.4 Å². The van der Waals surface area contributed by atoms with Gasteiger partial charge in [0.1, 0.15) is 11.9 Å². The third kappa shape index (κ3) is 2.88. The fourth-order valence-electron chi connectivity index (χ4n) is 1.19. The van der Waals surface area contributed by atoms with E-state index in [1.165, 1.54) is 18.2 Å². The van der Waals surface area contributed by atoms with Crippen molar-refractivity contribution in [3.05, 3.63) is 45.5 Å². The van der Waals surface area contributed by atoms with Crippen molar-refractivity contribution in [3.63, 3.8) is 0 Å². The van der Waals surface area contributed by atoms with Gasteiger partial charge in [-0.2, -0.15) is 5.26 Å². The lowest BCUT2D eigenvalue weighted by Gasteiger charge is -2.04. The molecule has 17 heavy (non-hydrogen) atoms. The maximum absolute atomic E-state index is 13.1. The van der Waals surface area contributed by atoms with E-state index in [4.69, 9.17) is 5.26 Å². The van der Waals surface area contributed by atoms with Crippen LogP contribution in [-0.4, -0.2) is 9.97 Å². The van der Waals surface area contributed by atoms with E-state index >= 15 is 0 Å². The summed E-state index contributed by atoms with van der Waals surface area (Å²) in [6.45, 7) is 0. The van der Waals surface area contributed by atoms with Gasteiger partial charge in [0.25, 0.3) is 0 Å². The van der Waals surface area contributed by atoms with Gasteiger partial charge >= 0.3 is 0 Å². The van der Waals surface area contributed by atoms with Crippen molar-refractivity contribution in [2.45, 2.75) is 0 Å². The normalized spacial score (nSPS) is 9.71. The molecule has 1 heterocycles. The Morgan fingerprint density at radius 2 is 2.00 bits per heavy atom. The molecule has 0 amide bonds. The molecule has 0 aliphatic rings. The van der Waals surface area contributed by atoms with Gasteiger partial charge in [0, 0.05) is 21.7 Å². The van der Waals surface area contributed by atoms with Crippen LogP contribution in [0.2, 0.25) is 0 Å². The highest BCUT2D eigenvalue weighted by Gasteiger charge is 2.03. The number of anilines is 2. The SMILES string of the molecule is N#Cc1cc(Nc2ncc(I)cn2)ccc1F. The van der Waals surface area contributed by atoms with Gasteiger partial charge in [0.15, 0.2) is 0 Å². The van der Waals surface area contributed by atoms with E-state index in [1.54, 1.807) is 18.5 Å². The summed E-state index contributed by atoms with van der Waals surface area (Å²) in [7, 11) is 0. The second-order valence-corrected chi connectivity index (χ2v) is 4.40. The highest BCUT2D eigenvalue weighted by molar-refractivity contribution is 14.1. The van der Waals surface area contributed by atoms with Gasteiger partial charge in [0.05, 0.1) is 5.56 Å². The molecule has 2 rings (SSSR count). The van der Waals surface area contributed by atoms with Crippen LogP contribution in [-0.2, 0) is 0 Å². The summed E-state index contributed by atoms with van der Waals surface area (Å²) in [6.07, 6.45) is 3.31. The second kappa shape index (κ2) is 5.05. The van der Waals surface area contributed by atoms with Crippen LogP contribution in [0.25, 0.3) is 0 Å². The predicted molar refractivity (Wildman–Crippen MR) is 69.1 cm³/mol. The van der Waals surface area contributed by atoms with Crippen molar-refractivity contribution in [2.75, 3.05) is 5.32 Å². The van der Waals surface area contributed by atoms with E-state index in [-0.39, 0.29) is 5.56 Å². The number of benzene rings is 1. The quantitative estimate of drug-likeness (QED) is 0.854. The Kier molecular flexibility index (Phi) is 3.49. The van der Waals surface area contributed by atoms with Gasteiger partial charge in [0.2, 0.25) is 5.95 Å². The molecule has 1 N–H and O–H groups in total. The van der Waals surface area contributed by atoms with Crippen LogP contribution in [0.3, 0.4) is 0 Å². The summed E-state index contributed by atoms with van der Waals surface area (Å²) in [5.41, 5.74) is 0.560. The average Bonchev–Trinajstić information content (AvgIpc) is 2.34. The van der Waals surface area contributed by atoms with Crippen molar-refractivity contribution in [1.29, 1.82) is 5.26 Å². The Morgan fingerprint density at radius 1 is 1.29 bits per heavy atom. The number of nitriles is 1. The summed E-state index contributed by atoms with van der Waals surface area (Å²) >= 11 is 2.10. The number of hydrogen-bond acceptors (Lipinski definition) is 4. The van der Waals surface area contributed by atoms with Crippen LogP contribution in [0.4, 0.5) is 16.0 Å². The minimum Gasteiger partial charge on any atom is -0.324 e. The monoisotopic (exact) mass is 340 g/mol. The van der Waals surface area contributed by atoms with Crippen LogP contribution in [0.5, 0.6) is 0 Å². The highest BCUT2D eigenvalue weighted by Crippen LogP contribution is 2.17. The van der Waals surface area contributed by atoms with Crippen molar-refractivity contribution in [1.82, 2.24) is 9.97 Å². The topological polar surface area (TPSA) is 61.6 Å². The van der Waals surface area contributed by atoms with Crippen LogP contribution < -0.4 is 5.32 Å².